The highest BCUT2D eigenvalue weighted by atomic mass is 35.5. The summed E-state index contributed by atoms with van der Waals surface area (Å²) in [6.07, 6.45) is 1.90. The van der Waals surface area contributed by atoms with E-state index in [1.807, 2.05) is 0 Å². The molecular weight excluding hydrogens is 326 g/mol. The Morgan fingerprint density at radius 2 is 2.26 bits per heavy atom. The van der Waals surface area contributed by atoms with Gasteiger partial charge >= 0.3 is 5.97 Å². The molecule has 1 aromatic heterocycles. The van der Waals surface area contributed by atoms with Gasteiger partial charge in [-0.05, 0) is 13.3 Å². The summed E-state index contributed by atoms with van der Waals surface area (Å²) in [4.78, 5) is 38.2. The van der Waals surface area contributed by atoms with Crippen LogP contribution in [0.15, 0.2) is 11.0 Å². The van der Waals surface area contributed by atoms with Gasteiger partial charge < -0.3 is 14.0 Å². The van der Waals surface area contributed by atoms with Crippen molar-refractivity contribution in [3.8, 4) is 0 Å². The van der Waals surface area contributed by atoms with Crippen molar-refractivity contribution in [3.05, 3.63) is 32.7 Å². The van der Waals surface area contributed by atoms with Crippen LogP contribution < -0.4 is 11.2 Å². The molecule has 8 nitrogen and oxygen atoms in total. The number of carbonyl (C=O) groups excluding carboxylic acids is 2. The lowest BCUT2D eigenvalue weighted by atomic mass is 10.1. The number of halogens is 1. The summed E-state index contributed by atoms with van der Waals surface area (Å²) < 4.78 is 11.8. The molecule has 0 bridgehead atoms. The van der Waals surface area contributed by atoms with E-state index in [4.69, 9.17) is 26.8 Å². The zero-order valence-corrected chi connectivity index (χ0v) is 13.3. The number of ether oxygens (including phenoxy) is 2. The molecule has 23 heavy (non-hydrogen) atoms. The van der Waals surface area contributed by atoms with Crippen LogP contribution in [0, 0.1) is 0 Å². The van der Waals surface area contributed by atoms with E-state index in [2.05, 4.69) is 0 Å². The number of nitrogens with two attached hydrogens (primary N) is 1. The molecule has 1 atom stereocenters. The molecule has 0 spiro atoms. The molecule has 3 rings (SSSR count). The van der Waals surface area contributed by atoms with Gasteiger partial charge in [0.15, 0.2) is 0 Å². The maximum Gasteiger partial charge on any atom is 0.343 e. The van der Waals surface area contributed by atoms with E-state index in [-0.39, 0.29) is 29.4 Å². The topological polar surface area (TPSA) is 104 Å². The number of esters is 1. The van der Waals surface area contributed by atoms with E-state index >= 15 is 0 Å². The van der Waals surface area contributed by atoms with Gasteiger partial charge in [0, 0.05) is 12.7 Å². The maximum atomic E-state index is 12.6. The second-order valence-electron chi connectivity index (χ2n) is 5.39. The van der Waals surface area contributed by atoms with Crippen LogP contribution in [0.4, 0.5) is 0 Å². The Kier molecular flexibility index (Phi) is 3.91. The second-order valence-corrected chi connectivity index (χ2v) is 5.76. The first kappa shape index (κ1) is 16.0. The standard InChI is InChI=1S/C14H16ClN3O5/c1-2-22-13(21)8-6-17-7-14(16)18(4-3-5-23-14)12(20)10(17)9(15)11(8)19/h6H,2-5,7,16H2,1H3/t14-/m1/s1. The van der Waals surface area contributed by atoms with Gasteiger partial charge in [-0.2, -0.15) is 0 Å². The van der Waals surface area contributed by atoms with Crippen LogP contribution in [0.2, 0.25) is 5.02 Å². The maximum absolute atomic E-state index is 12.6. The van der Waals surface area contributed by atoms with E-state index in [0.29, 0.717) is 19.6 Å². The molecule has 9 heteroatoms. The van der Waals surface area contributed by atoms with Crippen molar-refractivity contribution in [3.63, 3.8) is 0 Å². The molecule has 1 fully saturated rings. The molecule has 0 radical (unpaired) electrons. The number of rotatable bonds is 2. The average Bonchev–Trinajstić information content (AvgIpc) is 2.50. The zero-order chi connectivity index (χ0) is 16.8. The summed E-state index contributed by atoms with van der Waals surface area (Å²) in [5, 5.41) is -0.312. The largest absolute Gasteiger partial charge is 0.462 e. The molecule has 1 aromatic rings. The Morgan fingerprint density at radius 3 is 2.96 bits per heavy atom. The molecule has 1 amide bonds. The van der Waals surface area contributed by atoms with Gasteiger partial charge in [0.2, 0.25) is 11.3 Å². The zero-order valence-electron chi connectivity index (χ0n) is 12.5. The molecular formula is C14H16ClN3O5. The molecule has 0 saturated carbocycles. The number of fused-ring (bicyclic) bond motifs is 2. The first-order valence-electron chi connectivity index (χ1n) is 7.24. The first-order chi connectivity index (χ1) is 10.9. The van der Waals surface area contributed by atoms with E-state index in [9.17, 15) is 14.4 Å². The fraction of sp³-hybridized carbons (Fsp3) is 0.500. The highest BCUT2D eigenvalue weighted by Gasteiger charge is 2.46. The molecule has 2 N–H and O–H groups in total. The predicted molar refractivity (Wildman–Crippen MR) is 80.2 cm³/mol. The minimum atomic E-state index is -1.31. The second kappa shape index (κ2) is 5.63. The van der Waals surface area contributed by atoms with Crippen molar-refractivity contribution in [1.29, 1.82) is 0 Å². The molecule has 0 unspecified atom stereocenters. The minimum Gasteiger partial charge on any atom is -0.462 e. The average molecular weight is 342 g/mol. The van der Waals surface area contributed by atoms with Crippen LogP contribution in [0.3, 0.4) is 0 Å². The normalized spacial score (nSPS) is 23.3. The van der Waals surface area contributed by atoms with Crippen molar-refractivity contribution in [2.75, 3.05) is 19.8 Å². The molecule has 0 aliphatic carbocycles. The third-order valence-corrected chi connectivity index (χ3v) is 4.25. The fourth-order valence-electron chi connectivity index (χ4n) is 2.84. The smallest absolute Gasteiger partial charge is 0.343 e. The molecule has 124 valence electrons. The fourth-order valence-corrected chi connectivity index (χ4v) is 3.13. The van der Waals surface area contributed by atoms with Gasteiger partial charge in [-0.25, -0.2) is 4.79 Å². The number of hydrogen-bond donors (Lipinski definition) is 1. The van der Waals surface area contributed by atoms with Crippen LogP contribution >= 0.6 is 11.6 Å². The van der Waals surface area contributed by atoms with Gasteiger partial charge in [0.25, 0.3) is 5.91 Å². The summed E-state index contributed by atoms with van der Waals surface area (Å²) in [5.41, 5.74) is 5.21. The third-order valence-electron chi connectivity index (χ3n) is 3.90. The van der Waals surface area contributed by atoms with E-state index < -0.39 is 23.2 Å². The van der Waals surface area contributed by atoms with E-state index in [1.54, 1.807) is 6.92 Å². The van der Waals surface area contributed by atoms with Gasteiger partial charge in [0.05, 0.1) is 19.8 Å². The quantitative estimate of drug-likeness (QED) is 0.769. The van der Waals surface area contributed by atoms with Gasteiger partial charge in [-0.3, -0.25) is 20.2 Å². The Hall–Kier alpha value is -1.90. The summed E-state index contributed by atoms with van der Waals surface area (Å²) in [5.74, 6) is -2.59. The summed E-state index contributed by atoms with van der Waals surface area (Å²) >= 11 is 6.06. The number of carbonyl (C=O) groups is 2. The van der Waals surface area contributed by atoms with Crippen LogP contribution in [0.1, 0.15) is 34.2 Å². The number of nitrogens with zero attached hydrogens (tertiary/aromatic N) is 2. The molecule has 0 aromatic carbocycles. The lowest BCUT2D eigenvalue weighted by molar-refractivity contribution is -0.176. The van der Waals surface area contributed by atoms with E-state index in [0.717, 1.165) is 0 Å². The Balaban J connectivity index is 2.14. The predicted octanol–water partition coefficient (Wildman–Crippen LogP) is 0.167. The van der Waals surface area contributed by atoms with Crippen molar-refractivity contribution in [2.45, 2.75) is 25.7 Å². The molecule has 2 aliphatic heterocycles. The monoisotopic (exact) mass is 341 g/mol. The lowest BCUT2D eigenvalue weighted by Crippen LogP contribution is -2.68. The Labute approximate surface area is 136 Å². The van der Waals surface area contributed by atoms with Crippen LogP contribution in [0.5, 0.6) is 0 Å². The number of hydrogen-bond acceptors (Lipinski definition) is 6. The summed E-state index contributed by atoms with van der Waals surface area (Å²) in [6.45, 7) is 2.66. The van der Waals surface area contributed by atoms with Crippen molar-refractivity contribution in [1.82, 2.24) is 9.47 Å². The summed E-state index contributed by atoms with van der Waals surface area (Å²) in [7, 11) is 0. The highest BCUT2D eigenvalue weighted by Crippen LogP contribution is 2.29. The van der Waals surface area contributed by atoms with Gasteiger partial charge in [-0.1, -0.05) is 11.6 Å². The SMILES string of the molecule is CCOC(=O)c1cn2c(c(Cl)c1=O)C(=O)N1CCCO[C@@]1(N)C2. The third kappa shape index (κ3) is 2.43. The Bertz CT molecular complexity index is 747. The van der Waals surface area contributed by atoms with E-state index in [1.165, 1.54) is 15.7 Å². The number of pyridine rings is 1. The van der Waals surface area contributed by atoms with Crippen molar-refractivity contribution < 1.29 is 19.1 Å². The Morgan fingerprint density at radius 1 is 1.52 bits per heavy atom. The number of amides is 1. The van der Waals surface area contributed by atoms with Crippen LogP contribution in [-0.2, 0) is 16.0 Å². The molecule has 3 heterocycles. The molecule has 1 saturated heterocycles. The van der Waals surface area contributed by atoms with Gasteiger partial charge in [-0.15, -0.1) is 0 Å². The van der Waals surface area contributed by atoms with Crippen LogP contribution in [-0.4, -0.2) is 47.0 Å². The van der Waals surface area contributed by atoms with Crippen molar-refractivity contribution in [2.24, 2.45) is 5.73 Å². The van der Waals surface area contributed by atoms with Gasteiger partial charge in [0.1, 0.15) is 16.3 Å². The highest BCUT2D eigenvalue weighted by molar-refractivity contribution is 6.33. The summed E-state index contributed by atoms with van der Waals surface area (Å²) in [6, 6.07) is 0. The molecule has 2 aliphatic rings. The lowest BCUT2D eigenvalue weighted by Gasteiger charge is -2.47. The van der Waals surface area contributed by atoms with Crippen LogP contribution in [0.25, 0.3) is 0 Å². The minimum absolute atomic E-state index is 0.0105. The first-order valence-corrected chi connectivity index (χ1v) is 7.61. The van der Waals surface area contributed by atoms with Crippen molar-refractivity contribution >= 4 is 23.5 Å². The number of aromatic nitrogens is 1.